The van der Waals surface area contributed by atoms with Crippen LogP contribution in [0.1, 0.15) is 32.4 Å². The summed E-state index contributed by atoms with van der Waals surface area (Å²) in [5, 5.41) is 3.37. The highest BCUT2D eigenvalue weighted by molar-refractivity contribution is 5.75. The van der Waals surface area contributed by atoms with E-state index in [0.717, 1.165) is 18.9 Å². The first kappa shape index (κ1) is 15.1. The molecular weight excluding hydrogens is 262 g/mol. The maximum Gasteiger partial charge on any atom is 0.157 e. The van der Waals surface area contributed by atoms with Crippen molar-refractivity contribution in [3.63, 3.8) is 0 Å². The van der Waals surface area contributed by atoms with Crippen LogP contribution in [0, 0.1) is 0 Å². The van der Waals surface area contributed by atoms with Crippen LogP contribution in [0.4, 0.5) is 17.3 Å². The van der Waals surface area contributed by atoms with E-state index < -0.39 is 0 Å². The molecule has 1 aromatic heterocycles. The summed E-state index contributed by atoms with van der Waals surface area (Å²) < 4.78 is 0. The molecule has 5 heteroatoms. The smallest absolute Gasteiger partial charge is 0.157 e. The number of nitrogens with one attached hydrogen (secondary N) is 1. The van der Waals surface area contributed by atoms with Crippen molar-refractivity contribution in [2.24, 2.45) is 0 Å². The van der Waals surface area contributed by atoms with Crippen LogP contribution < -0.4 is 16.0 Å². The first-order chi connectivity index (χ1) is 10.2. The van der Waals surface area contributed by atoms with Gasteiger partial charge in [-0.15, -0.1) is 0 Å². The highest BCUT2D eigenvalue weighted by atomic mass is 15.2. The van der Waals surface area contributed by atoms with Crippen LogP contribution >= 0.6 is 0 Å². The molecular formula is C16H23N5. The van der Waals surface area contributed by atoms with Gasteiger partial charge in [-0.05, 0) is 26.3 Å². The van der Waals surface area contributed by atoms with Gasteiger partial charge >= 0.3 is 0 Å². The predicted molar refractivity (Wildman–Crippen MR) is 88.5 cm³/mol. The monoisotopic (exact) mass is 285 g/mol. The molecule has 1 aromatic carbocycles. The molecule has 0 aliphatic rings. The van der Waals surface area contributed by atoms with Crippen LogP contribution in [0.5, 0.6) is 0 Å². The topological polar surface area (TPSA) is 67.1 Å². The average Bonchev–Trinajstić information content (AvgIpc) is 2.52. The van der Waals surface area contributed by atoms with Gasteiger partial charge in [-0.1, -0.05) is 30.3 Å². The van der Waals surface area contributed by atoms with Crippen LogP contribution in [0.3, 0.4) is 0 Å². The SMILES string of the molecule is CCN(CC)c1ncnc(NC(C)c2ccccc2)c1N. The number of nitrogens with two attached hydrogens (primary N) is 1. The third-order valence-electron chi connectivity index (χ3n) is 3.58. The summed E-state index contributed by atoms with van der Waals surface area (Å²) in [6, 6.07) is 10.4. The lowest BCUT2D eigenvalue weighted by atomic mass is 10.1. The summed E-state index contributed by atoms with van der Waals surface area (Å²) in [4.78, 5) is 10.7. The molecule has 0 radical (unpaired) electrons. The summed E-state index contributed by atoms with van der Waals surface area (Å²) in [6.07, 6.45) is 1.56. The van der Waals surface area contributed by atoms with Crippen molar-refractivity contribution in [2.45, 2.75) is 26.8 Å². The number of rotatable bonds is 6. The number of hydrogen-bond acceptors (Lipinski definition) is 5. The van der Waals surface area contributed by atoms with Crippen molar-refractivity contribution in [3.8, 4) is 0 Å². The second-order valence-electron chi connectivity index (χ2n) is 4.91. The van der Waals surface area contributed by atoms with Crippen molar-refractivity contribution >= 4 is 17.3 Å². The van der Waals surface area contributed by atoms with E-state index in [9.17, 15) is 0 Å². The molecule has 112 valence electrons. The lowest BCUT2D eigenvalue weighted by Crippen LogP contribution is -2.25. The van der Waals surface area contributed by atoms with E-state index in [0.29, 0.717) is 11.5 Å². The lowest BCUT2D eigenvalue weighted by Gasteiger charge is -2.23. The zero-order valence-corrected chi connectivity index (χ0v) is 12.9. The molecule has 0 spiro atoms. The Morgan fingerprint density at radius 3 is 2.43 bits per heavy atom. The standard InChI is InChI=1S/C16H23N5/c1-4-21(5-2)16-14(17)15(18-11-19-16)20-12(3)13-9-7-6-8-10-13/h6-12H,4-5,17H2,1-3H3,(H,18,19,20). The molecule has 1 unspecified atom stereocenters. The maximum absolute atomic E-state index is 6.23. The summed E-state index contributed by atoms with van der Waals surface area (Å²) in [5.74, 6) is 1.47. The molecule has 2 aromatic rings. The number of aromatic nitrogens is 2. The van der Waals surface area contributed by atoms with E-state index in [-0.39, 0.29) is 6.04 Å². The Hall–Kier alpha value is -2.30. The zero-order chi connectivity index (χ0) is 15.2. The van der Waals surface area contributed by atoms with E-state index in [4.69, 9.17) is 5.73 Å². The van der Waals surface area contributed by atoms with Crippen molar-refractivity contribution in [3.05, 3.63) is 42.2 Å². The zero-order valence-electron chi connectivity index (χ0n) is 12.9. The Morgan fingerprint density at radius 2 is 1.81 bits per heavy atom. The number of hydrogen-bond donors (Lipinski definition) is 2. The van der Waals surface area contributed by atoms with Gasteiger partial charge in [0.15, 0.2) is 11.6 Å². The summed E-state index contributed by atoms with van der Waals surface area (Å²) >= 11 is 0. The van der Waals surface area contributed by atoms with Gasteiger partial charge in [0, 0.05) is 13.1 Å². The number of nitrogen functional groups attached to an aromatic ring is 1. The second kappa shape index (κ2) is 6.92. The van der Waals surface area contributed by atoms with Gasteiger partial charge in [-0.25, -0.2) is 9.97 Å². The van der Waals surface area contributed by atoms with Crippen molar-refractivity contribution in [1.29, 1.82) is 0 Å². The van der Waals surface area contributed by atoms with E-state index >= 15 is 0 Å². The fourth-order valence-corrected chi connectivity index (χ4v) is 2.31. The Morgan fingerprint density at radius 1 is 1.14 bits per heavy atom. The van der Waals surface area contributed by atoms with Gasteiger partial charge in [-0.2, -0.15) is 0 Å². The third-order valence-corrected chi connectivity index (χ3v) is 3.58. The Labute approximate surface area is 126 Å². The highest BCUT2D eigenvalue weighted by Gasteiger charge is 2.14. The summed E-state index contributed by atoms with van der Waals surface area (Å²) in [7, 11) is 0. The van der Waals surface area contributed by atoms with Crippen LogP contribution in [0.2, 0.25) is 0 Å². The Kier molecular flexibility index (Phi) is 4.98. The second-order valence-corrected chi connectivity index (χ2v) is 4.91. The number of anilines is 3. The Balaban J connectivity index is 2.23. The first-order valence-electron chi connectivity index (χ1n) is 7.34. The molecule has 0 aliphatic carbocycles. The molecule has 5 nitrogen and oxygen atoms in total. The van der Waals surface area contributed by atoms with Crippen molar-refractivity contribution < 1.29 is 0 Å². The minimum absolute atomic E-state index is 0.132. The van der Waals surface area contributed by atoms with Gasteiger partial charge < -0.3 is 16.0 Å². The molecule has 0 bridgehead atoms. The molecule has 1 atom stereocenters. The molecule has 3 N–H and O–H groups in total. The quantitative estimate of drug-likeness (QED) is 0.853. The fourth-order valence-electron chi connectivity index (χ4n) is 2.31. The molecule has 0 aliphatic heterocycles. The molecule has 0 saturated carbocycles. The van der Waals surface area contributed by atoms with E-state index in [1.165, 1.54) is 5.56 Å². The van der Waals surface area contributed by atoms with Crippen LogP contribution in [0.15, 0.2) is 36.7 Å². The molecule has 0 amide bonds. The molecule has 1 heterocycles. The largest absolute Gasteiger partial charge is 0.393 e. The predicted octanol–water partition coefficient (Wildman–Crippen LogP) is 3.08. The Bertz CT molecular complexity index is 566. The third kappa shape index (κ3) is 3.42. The molecule has 21 heavy (non-hydrogen) atoms. The molecule has 0 saturated heterocycles. The molecule has 2 rings (SSSR count). The normalized spacial score (nSPS) is 12.0. The van der Waals surface area contributed by atoms with E-state index in [2.05, 4.69) is 53.1 Å². The highest BCUT2D eigenvalue weighted by Crippen LogP contribution is 2.28. The number of nitrogens with zero attached hydrogens (tertiary/aromatic N) is 3. The van der Waals surface area contributed by atoms with E-state index in [1.54, 1.807) is 6.33 Å². The minimum atomic E-state index is 0.132. The van der Waals surface area contributed by atoms with Crippen LogP contribution in [0.25, 0.3) is 0 Å². The van der Waals surface area contributed by atoms with Crippen LogP contribution in [-0.2, 0) is 0 Å². The summed E-state index contributed by atoms with van der Waals surface area (Å²) in [5.41, 5.74) is 8.03. The molecule has 0 fully saturated rings. The van der Waals surface area contributed by atoms with Gasteiger partial charge in [0.1, 0.15) is 12.0 Å². The van der Waals surface area contributed by atoms with Gasteiger partial charge in [0.2, 0.25) is 0 Å². The van der Waals surface area contributed by atoms with Gasteiger partial charge in [-0.3, -0.25) is 0 Å². The van der Waals surface area contributed by atoms with Gasteiger partial charge in [0.05, 0.1) is 6.04 Å². The number of benzene rings is 1. The minimum Gasteiger partial charge on any atom is -0.393 e. The van der Waals surface area contributed by atoms with Crippen molar-refractivity contribution in [1.82, 2.24) is 9.97 Å². The maximum atomic E-state index is 6.23. The van der Waals surface area contributed by atoms with Gasteiger partial charge in [0.25, 0.3) is 0 Å². The first-order valence-corrected chi connectivity index (χ1v) is 7.34. The average molecular weight is 285 g/mol. The van der Waals surface area contributed by atoms with Crippen molar-refractivity contribution in [2.75, 3.05) is 29.0 Å². The lowest BCUT2D eigenvalue weighted by molar-refractivity contribution is 0.837. The fraction of sp³-hybridized carbons (Fsp3) is 0.375. The van der Waals surface area contributed by atoms with E-state index in [1.807, 2.05) is 18.2 Å². The summed E-state index contributed by atoms with van der Waals surface area (Å²) in [6.45, 7) is 8.00. The van der Waals surface area contributed by atoms with Crippen LogP contribution in [-0.4, -0.2) is 23.1 Å².